The third-order valence-electron chi connectivity index (χ3n) is 4.88. The van der Waals surface area contributed by atoms with Crippen molar-refractivity contribution in [3.8, 4) is 5.75 Å². The normalized spacial score (nSPS) is 15.2. The SMILES string of the molecule is COc1ccc(S(=O)(=O)N2CCCCC2)cc1CCC(=O)Nc1ccccc1. The highest BCUT2D eigenvalue weighted by atomic mass is 32.2. The van der Waals surface area contributed by atoms with Gasteiger partial charge in [-0.2, -0.15) is 4.31 Å². The van der Waals surface area contributed by atoms with Gasteiger partial charge in [0.1, 0.15) is 5.75 Å². The quantitative estimate of drug-likeness (QED) is 0.770. The van der Waals surface area contributed by atoms with Gasteiger partial charge in [-0.25, -0.2) is 8.42 Å². The standard InChI is InChI=1S/C21H26N2O4S/c1-27-20-12-11-19(28(25,26)23-14-6-3-7-15-23)16-17(20)10-13-21(24)22-18-8-4-2-5-9-18/h2,4-5,8-9,11-12,16H,3,6-7,10,13-15H2,1H3,(H,22,24). The first kappa shape index (κ1) is 20.4. The smallest absolute Gasteiger partial charge is 0.243 e. The van der Waals surface area contributed by atoms with Crippen LogP contribution in [0.2, 0.25) is 0 Å². The average molecular weight is 403 g/mol. The van der Waals surface area contributed by atoms with Crippen LogP contribution in [0.5, 0.6) is 5.75 Å². The van der Waals surface area contributed by atoms with Crippen LogP contribution in [0.1, 0.15) is 31.2 Å². The van der Waals surface area contributed by atoms with Crippen molar-refractivity contribution in [2.75, 3.05) is 25.5 Å². The van der Waals surface area contributed by atoms with E-state index in [4.69, 9.17) is 4.74 Å². The molecule has 0 saturated carbocycles. The first-order chi connectivity index (χ1) is 13.5. The zero-order chi connectivity index (χ0) is 20.0. The molecule has 28 heavy (non-hydrogen) atoms. The molecule has 1 heterocycles. The highest BCUT2D eigenvalue weighted by Gasteiger charge is 2.26. The van der Waals surface area contributed by atoms with Crippen molar-refractivity contribution in [3.63, 3.8) is 0 Å². The minimum Gasteiger partial charge on any atom is -0.496 e. The second-order valence-corrected chi connectivity index (χ2v) is 8.79. The van der Waals surface area contributed by atoms with E-state index in [9.17, 15) is 13.2 Å². The van der Waals surface area contributed by atoms with Gasteiger partial charge in [0.05, 0.1) is 12.0 Å². The Labute approximate surface area is 166 Å². The number of piperidine rings is 1. The zero-order valence-corrected chi connectivity index (χ0v) is 16.9. The van der Waals surface area contributed by atoms with E-state index in [1.165, 1.54) is 0 Å². The van der Waals surface area contributed by atoms with E-state index in [0.717, 1.165) is 24.9 Å². The number of carbonyl (C=O) groups is 1. The number of nitrogens with zero attached hydrogens (tertiary/aromatic N) is 1. The number of benzene rings is 2. The molecule has 6 nitrogen and oxygen atoms in total. The largest absolute Gasteiger partial charge is 0.496 e. The molecule has 0 unspecified atom stereocenters. The number of sulfonamides is 1. The predicted octanol–water partition coefficient (Wildman–Crippen LogP) is 3.44. The van der Waals surface area contributed by atoms with Crippen molar-refractivity contribution in [2.24, 2.45) is 0 Å². The summed E-state index contributed by atoms with van der Waals surface area (Å²) in [5.41, 5.74) is 1.45. The lowest BCUT2D eigenvalue weighted by Gasteiger charge is -2.26. The van der Waals surface area contributed by atoms with E-state index >= 15 is 0 Å². The van der Waals surface area contributed by atoms with Crippen LogP contribution >= 0.6 is 0 Å². The Hall–Kier alpha value is -2.38. The summed E-state index contributed by atoms with van der Waals surface area (Å²) in [7, 11) is -1.98. The van der Waals surface area contributed by atoms with E-state index < -0.39 is 10.0 Å². The van der Waals surface area contributed by atoms with Gasteiger partial charge in [-0.05, 0) is 55.2 Å². The number of amides is 1. The molecule has 1 saturated heterocycles. The lowest BCUT2D eigenvalue weighted by atomic mass is 10.1. The highest BCUT2D eigenvalue weighted by molar-refractivity contribution is 7.89. The number of methoxy groups -OCH3 is 1. The molecule has 2 aromatic carbocycles. The molecule has 1 N–H and O–H groups in total. The molecule has 7 heteroatoms. The third kappa shape index (κ3) is 4.91. The number of anilines is 1. The van der Waals surface area contributed by atoms with Crippen molar-refractivity contribution in [1.82, 2.24) is 4.31 Å². The number of para-hydroxylation sites is 1. The molecule has 0 bridgehead atoms. The van der Waals surface area contributed by atoms with Gasteiger partial charge in [0.2, 0.25) is 15.9 Å². The maximum Gasteiger partial charge on any atom is 0.243 e. The van der Waals surface area contributed by atoms with Gasteiger partial charge in [0.25, 0.3) is 0 Å². The third-order valence-corrected chi connectivity index (χ3v) is 6.78. The van der Waals surface area contributed by atoms with Gasteiger partial charge in [0.15, 0.2) is 0 Å². The summed E-state index contributed by atoms with van der Waals surface area (Å²) in [5, 5.41) is 2.84. The first-order valence-electron chi connectivity index (χ1n) is 9.52. The number of aryl methyl sites for hydroxylation is 1. The summed E-state index contributed by atoms with van der Waals surface area (Å²) in [6.07, 6.45) is 3.48. The Kier molecular flexibility index (Phi) is 6.70. The van der Waals surface area contributed by atoms with Gasteiger partial charge >= 0.3 is 0 Å². The average Bonchev–Trinajstić information content (AvgIpc) is 2.73. The van der Waals surface area contributed by atoms with Crippen molar-refractivity contribution < 1.29 is 17.9 Å². The minimum atomic E-state index is -3.52. The van der Waals surface area contributed by atoms with Crippen LogP contribution in [0.15, 0.2) is 53.4 Å². The fourth-order valence-electron chi connectivity index (χ4n) is 3.36. The molecule has 0 spiro atoms. The summed E-state index contributed by atoms with van der Waals surface area (Å²) < 4.78 is 32.8. The van der Waals surface area contributed by atoms with Crippen molar-refractivity contribution in [1.29, 1.82) is 0 Å². The molecule has 1 amide bonds. The van der Waals surface area contributed by atoms with Crippen LogP contribution in [0.25, 0.3) is 0 Å². The maximum absolute atomic E-state index is 12.9. The van der Waals surface area contributed by atoms with Crippen LogP contribution in [0.4, 0.5) is 5.69 Å². The molecule has 150 valence electrons. The van der Waals surface area contributed by atoms with Crippen LogP contribution < -0.4 is 10.1 Å². The Morgan fingerprint density at radius 3 is 2.46 bits per heavy atom. The molecule has 0 atom stereocenters. The second kappa shape index (κ2) is 9.21. The first-order valence-corrected chi connectivity index (χ1v) is 11.0. The number of hydrogen-bond acceptors (Lipinski definition) is 4. The van der Waals surface area contributed by atoms with Crippen LogP contribution in [0, 0.1) is 0 Å². The monoisotopic (exact) mass is 402 g/mol. The van der Waals surface area contributed by atoms with Gasteiger partial charge < -0.3 is 10.1 Å². The van der Waals surface area contributed by atoms with E-state index in [2.05, 4.69) is 5.32 Å². The summed E-state index contributed by atoms with van der Waals surface area (Å²) in [6, 6.07) is 14.1. The summed E-state index contributed by atoms with van der Waals surface area (Å²) in [5.74, 6) is 0.461. The fourth-order valence-corrected chi connectivity index (χ4v) is 4.93. The Morgan fingerprint density at radius 1 is 1.07 bits per heavy atom. The Morgan fingerprint density at radius 2 is 1.79 bits per heavy atom. The zero-order valence-electron chi connectivity index (χ0n) is 16.1. The van der Waals surface area contributed by atoms with Crippen LogP contribution in [-0.2, 0) is 21.2 Å². The molecule has 2 aromatic rings. The second-order valence-electron chi connectivity index (χ2n) is 6.85. The number of carbonyl (C=O) groups excluding carboxylic acids is 1. The highest BCUT2D eigenvalue weighted by Crippen LogP contribution is 2.27. The molecule has 1 aliphatic heterocycles. The molecule has 3 rings (SSSR count). The summed E-state index contributed by atoms with van der Waals surface area (Å²) >= 11 is 0. The van der Waals surface area contributed by atoms with Crippen LogP contribution in [0.3, 0.4) is 0 Å². The van der Waals surface area contributed by atoms with Gasteiger partial charge in [-0.15, -0.1) is 0 Å². The van der Waals surface area contributed by atoms with Gasteiger partial charge in [-0.1, -0.05) is 24.6 Å². The van der Waals surface area contributed by atoms with E-state index in [-0.39, 0.29) is 17.2 Å². The van der Waals surface area contributed by atoms with Crippen LogP contribution in [-0.4, -0.2) is 38.8 Å². The molecule has 1 fully saturated rings. The number of ether oxygens (including phenoxy) is 1. The molecule has 1 aliphatic rings. The molecule has 0 aliphatic carbocycles. The predicted molar refractivity (Wildman–Crippen MR) is 109 cm³/mol. The maximum atomic E-state index is 12.9. The van der Waals surface area contributed by atoms with E-state index in [1.54, 1.807) is 29.6 Å². The molecule has 0 aromatic heterocycles. The number of rotatable bonds is 7. The molecular weight excluding hydrogens is 376 g/mol. The fraction of sp³-hybridized carbons (Fsp3) is 0.381. The summed E-state index contributed by atoms with van der Waals surface area (Å²) in [6.45, 7) is 1.12. The van der Waals surface area contributed by atoms with Gasteiger partial charge in [0, 0.05) is 25.2 Å². The number of hydrogen-bond donors (Lipinski definition) is 1. The summed E-state index contributed by atoms with van der Waals surface area (Å²) in [4.78, 5) is 12.5. The minimum absolute atomic E-state index is 0.127. The van der Waals surface area contributed by atoms with E-state index in [0.29, 0.717) is 30.8 Å². The molecular formula is C21H26N2O4S. The topological polar surface area (TPSA) is 75.7 Å². The lowest BCUT2D eigenvalue weighted by molar-refractivity contribution is -0.116. The Balaban J connectivity index is 1.73. The van der Waals surface area contributed by atoms with Crippen molar-refractivity contribution in [2.45, 2.75) is 37.0 Å². The van der Waals surface area contributed by atoms with E-state index in [1.807, 2.05) is 30.3 Å². The Bertz CT molecular complexity index is 907. The molecule has 0 radical (unpaired) electrons. The van der Waals surface area contributed by atoms with Crippen molar-refractivity contribution >= 4 is 21.6 Å². The lowest BCUT2D eigenvalue weighted by Crippen LogP contribution is -2.35. The number of nitrogens with one attached hydrogen (secondary N) is 1. The van der Waals surface area contributed by atoms with Crippen molar-refractivity contribution in [3.05, 3.63) is 54.1 Å². The van der Waals surface area contributed by atoms with Gasteiger partial charge in [-0.3, -0.25) is 4.79 Å².